The Hall–Kier alpha value is -1.42. The normalized spacial score (nSPS) is 19.9. The van der Waals surface area contributed by atoms with Gasteiger partial charge >= 0.3 is 0 Å². The number of rotatable bonds is 3. The van der Waals surface area contributed by atoms with Crippen molar-refractivity contribution in [2.75, 3.05) is 13.1 Å². The molecule has 15 heavy (non-hydrogen) atoms. The van der Waals surface area contributed by atoms with Crippen LogP contribution in [-0.2, 0) is 0 Å². The molecular weight excluding hydrogens is 193 g/mol. The van der Waals surface area contributed by atoms with Gasteiger partial charge in [-0.2, -0.15) is 0 Å². The number of benzene rings is 1. The molecule has 1 aliphatic heterocycles. The van der Waals surface area contributed by atoms with E-state index >= 15 is 0 Å². The summed E-state index contributed by atoms with van der Waals surface area (Å²) in [5, 5.41) is 3.18. The van der Waals surface area contributed by atoms with E-state index in [1.807, 2.05) is 0 Å². The molecule has 1 aliphatic rings. The molecule has 1 aromatic carbocycles. The molecule has 0 bridgehead atoms. The molecular formula is C11H14FN3. The molecule has 0 unspecified atom stereocenters. The lowest BCUT2D eigenvalue weighted by Gasteiger charge is -2.10. The van der Waals surface area contributed by atoms with Crippen molar-refractivity contribution in [3.8, 4) is 0 Å². The molecule has 0 aromatic heterocycles. The average Bonchev–Trinajstić information content (AvgIpc) is 2.68. The first-order chi connectivity index (χ1) is 7.31. The summed E-state index contributed by atoms with van der Waals surface area (Å²) in [6.45, 7) is 1.30. The standard InChI is InChI=1S/C11H14FN3/c12-10-4-2-1-3-9(10)11-14-7-8(15-11)5-6-13/h1-4,8H,5-7,13H2,(H,14,15)/t8-/m0/s1. The lowest BCUT2D eigenvalue weighted by Crippen LogP contribution is -2.32. The van der Waals surface area contributed by atoms with E-state index in [9.17, 15) is 4.39 Å². The average molecular weight is 207 g/mol. The van der Waals surface area contributed by atoms with Gasteiger partial charge in [-0.25, -0.2) is 4.39 Å². The quantitative estimate of drug-likeness (QED) is 0.773. The van der Waals surface area contributed by atoms with Gasteiger partial charge in [0.2, 0.25) is 0 Å². The van der Waals surface area contributed by atoms with Gasteiger partial charge < -0.3 is 11.1 Å². The largest absolute Gasteiger partial charge is 0.365 e. The monoisotopic (exact) mass is 207 g/mol. The van der Waals surface area contributed by atoms with Crippen LogP contribution in [0.1, 0.15) is 12.0 Å². The second-order valence-electron chi connectivity index (χ2n) is 3.59. The predicted molar refractivity (Wildman–Crippen MR) is 58.4 cm³/mol. The molecule has 80 valence electrons. The van der Waals surface area contributed by atoms with Crippen molar-refractivity contribution in [2.24, 2.45) is 10.7 Å². The lowest BCUT2D eigenvalue weighted by atomic mass is 10.2. The fourth-order valence-corrected chi connectivity index (χ4v) is 1.67. The van der Waals surface area contributed by atoms with Gasteiger partial charge in [-0.05, 0) is 25.1 Å². The summed E-state index contributed by atoms with van der Waals surface area (Å²) >= 11 is 0. The second-order valence-corrected chi connectivity index (χ2v) is 3.59. The molecule has 4 heteroatoms. The number of aliphatic imine (C=N–C) groups is 1. The smallest absolute Gasteiger partial charge is 0.134 e. The molecule has 3 nitrogen and oxygen atoms in total. The van der Waals surface area contributed by atoms with Crippen LogP contribution in [0.2, 0.25) is 0 Å². The van der Waals surface area contributed by atoms with Crippen molar-refractivity contribution >= 4 is 5.84 Å². The molecule has 3 N–H and O–H groups in total. The summed E-state index contributed by atoms with van der Waals surface area (Å²) in [6, 6.07) is 6.90. The molecule has 0 fully saturated rings. The highest BCUT2D eigenvalue weighted by Crippen LogP contribution is 2.11. The third-order valence-corrected chi connectivity index (χ3v) is 2.45. The molecule has 0 saturated heterocycles. The summed E-state index contributed by atoms with van der Waals surface area (Å²) in [5.74, 6) is 0.406. The predicted octanol–water partition coefficient (Wildman–Crippen LogP) is 0.893. The maximum atomic E-state index is 13.4. The molecule has 0 saturated carbocycles. The van der Waals surface area contributed by atoms with E-state index in [0.29, 0.717) is 24.5 Å². The molecule has 0 amide bonds. The van der Waals surface area contributed by atoms with Gasteiger partial charge in [0.1, 0.15) is 11.7 Å². The van der Waals surface area contributed by atoms with E-state index in [2.05, 4.69) is 10.3 Å². The van der Waals surface area contributed by atoms with Crippen LogP contribution in [0.15, 0.2) is 29.3 Å². The van der Waals surface area contributed by atoms with Crippen molar-refractivity contribution in [1.29, 1.82) is 0 Å². The number of nitrogens with zero attached hydrogens (tertiary/aromatic N) is 1. The third kappa shape index (κ3) is 2.15. The first-order valence-corrected chi connectivity index (χ1v) is 5.07. The number of hydrogen-bond donors (Lipinski definition) is 2. The Morgan fingerprint density at radius 3 is 3.00 bits per heavy atom. The van der Waals surface area contributed by atoms with Crippen molar-refractivity contribution in [3.63, 3.8) is 0 Å². The van der Waals surface area contributed by atoms with Crippen LogP contribution in [0.25, 0.3) is 0 Å². The van der Waals surface area contributed by atoms with Gasteiger partial charge in [-0.3, -0.25) is 4.99 Å². The Morgan fingerprint density at radius 1 is 1.47 bits per heavy atom. The highest BCUT2D eigenvalue weighted by molar-refractivity contribution is 6.00. The van der Waals surface area contributed by atoms with E-state index in [1.54, 1.807) is 18.2 Å². The molecule has 0 aliphatic carbocycles. The van der Waals surface area contributed by atoms with Crippen LogP contribution in [0, 0.1) is 5.82 Å². The molecule has 1 aromatic rings. The Balaban J connectivity index is 2.11. The van der Waals surface area contributed by atoms with Gasteiger partial charge in [0.15, 0.2) is 0 Å². The van der Waals surface area contributed by atoms with E-state index in [1.165, 1.54) is 6.07 Å². The topological polar surface area (TPSA) is 50.4 Å². The summed E-state index contributed by atoms with van der Waals surface area (Å²) in [4.78, 5) is 4.28. The van der Waals surface area contributed by atoms with Crippen molar-refractivity contribution < 1.29 is 4.39 Å². The highest BCUT2D eigenvalue weighted by atomic mass is 19.1. The van der Waals surface area contributed by atoms with Gasteiger partial charge in [-0.1, -0.05) is 12.1 Å². The van der Waals surface area contributed by atoms with Crippen LogP contribution in [-0.4, -0.2) is 25.0 Å². The maximum absolute atomic E-state index is 13.4. The zero-order chi connectivity index (χ0) is 10.7. The minimum absolute atomic E-state index is 0.239. The first-order valence-electron chi connectivity index (χ1n) is 5.07. The second kappa shape index (κ2) is 4.40. The molecule has 1 atom stereocenters. The van der Waals surface area contributed by atoms with Crippen LogP contribution in [0.5, 0.6) is 0 Å². The maximum Gasteiger partial charge on any atom is 0.134 e. The number of nitrogens with two attached hydrogens (primary N) is 1. The van der Waals surface area contributed by atoms with Gasteiger partial charge in [-0.15, -0.1) is 0 Å². The van der Waals surface area contributed by atoms with Crippen LogP contribution in [0.4, 0.5) is 4.39 Å². The Kier molecular flexibility index (Phi) is 2.97. The molecule has 1 heterocycles. The van der Waals surface area contributed by atoms with Crippen LogP contribution in [0.3, 0.4) is 0 Å². The summed E-state index contributed by atoms with van der Waals surface area (Å²) in [7, 11) is 0. The minimum atomic E-state index is -0.239. The molecule has 0 radical (unpaired) electrons. The number of nitrogens with one attached hydrogen (secondary N) is 1. The highest BCUT2D eigenvalue weighted by Gasteiger charge is 2.19. The number of hydrogen-bond acceptors (Lipinski definition) is 3. The van der Waals surface area contributed by atoms with E-state index in [-0.39, 0.29) is 11.9 Å². The fraction of sp³-hybridized carbons (Fsp3) is 0.364. The summed E-state index contributed by atoms with van der Waals surface area (Å²) < 4.78 is 13.4. The zero-order valence-corrected chi connectivity index (χ0v) is 8.41. The van der Waals surface area contributed by atoms with Crippen molar-refractivity contribution in [2.45, 2.75) is 12.5 Å². The number of halogens is 1. The van der Waals surface area contributed by atoms with E-state index in [4.69, 9.17) is 5.73 Å². The number of amidine groups is 1. The Bertz CT molecular complexity index is 376. The van der Waals surface area contributed by atoms with Crippen LogP contribution >= 0.6 is 0 Å². The fourth-order valence-electron chi connectivity index (χ4n) is 1.67. The van der Waals surface area contributed by atoms with Crippen molar-refractivity contribution in [3.05, 3.63) is 35.6 Å². The Labute approximate surface area is 88.2 Å². The third-order valence-electron chi connectivity index (χ3n) is 2.45. The van der Waals surface area contributed by atoms with Crippen molar-refractivity contribution in [1.82, 2.24) is 5.32 Å². The van der Waals surface area contributed by atoms with Crippen LogP contribution < -0.4 is 11.1 Å². The summed E-state index contributed by atoms with van der Waals surface area (Å²) in [6.07, 6.45) is 0.863. The van der Waals surface area contributed by atoms with E-state index < -0.39 is 0 Å². The first kappa shape index (κ1) is 10.1. The van der Waals surface area contributed by atoms with E-state index in [0.717, 1.165) is 6.42 Å². The zero-order valence-electron chi connectivity index (χ0n) is 8.41. The Morgan fingerprint density at radius 2 is 2.27 bits per heavy atom. The van der Waals surface area contributed by atoms with Gasteiger partial charge in [0.25, 0.3) is 0 Å². The molecule has 2 rings (SSSR count). The summed E-state index contributed by atoms with van der Waals surface area (Å²) in [5.41, 5.74) is 6.00. The molecule has 0 spiro atoms. The lowest BCUT2D eigenvalue weighted by molar-refractivity contribution is 0.605. The van der Waals surface area contributed by atoms with Gasteiger partial charge in [0.05, 0.1) is 12.1 Å². The minimum Gasteiger partial charge on any atom is -0.365 e. The SMILES string of the molecule is NCC[C@H]1CN=C(c2ccccc2F)N1. The van der Waals surface area contributed by atoms with Gasteiger partial charge in [0, 0.05) is 6.04 Å².